The highest BCUT2D eigenvalue weighted by Gasteiger charge is 2.56. The standard InChI is InChI=1S/C32H45N6O8P/c1-19(29(41)44-22-14-31(5,6)15-22)37-47(42,46-21-10-8-20(9-11-21)30(2,3)4)43-16-24-26(39)27(40)32(45-24,17-34-7)25-13-12-23-28(33)35-18-36-38(23)25/h8-13,17-19,22,24,26-27,39-40H,14-16H2,1-7H3,(H,37,42)(H2,33,35,36)/b34-17+/t19-,24+,26+,27+,32-,47?/m0/s1. The van der Waals surface area contributed by atoms with E-state index in [2.05, 4.69) is 54.8 Å². The molecule has 1 unspecified atom stereocenters. The van der Waals surface area contributed by atoms with Crippen LogP contribution in [0, 0.1) is 5.41 Å². The van der Waals surface area contributed by atoms with Gasteiger partial charge in [0, 0.05) is 13.3 Å². The first-order valence-corrected chi connectivity index (χ1v) is 17.1. The number of esters is 1. The van der Waals surface area contributed by atoms with Crippen LogP contribution in [0.3, 0.4) is 0 Å². The molecule has 2 fully saturated rings. The van der Waals surface area contributed by atoms with Crippen molar-refractivity contribution < 1.29 is 38.1 Å². The molecule has 1 aliphatic carbocycles. The molecular formula is C32H45N6O8P. The monoisotopic (exact) mass is 672 g/mol. The van der Waals surface area contributed by atoms with E-state index in [1.54, 1.807) is 24.3 Å². The molecule has 2 aromatic heterocycles. The number of nitrogens with zero attached hydrogens (tertiary/aromatic N) is 4. The van der Waals surface area contributed by atoms with E-state index in [1.165, 1.54) is 31.0 Å². The minimum atomic E-state index is -4.33. The fourth-order valence-corrected chi connectivity index (χ4v) is 7.54. The van der Waals surface area contributed by atoms with Crippen molar-refractivity contribution in [2.45, 2.75) is 95.9 Å². The first-order valence-electron chi connectivity index (χ1n) is 15.6. The highest BCUT2D eigenvalue weighted by atomic mass is 31.2. The molecule has 0 amide bonds. The van der Waals surface area contributed by atoms with E-state index < -0.39 is 50.3 Å². The number of aliphatic hydroxyl groups is 2. The Bertz CT molecular complexity index is 1660. The van der Waals surface area contributed by atoms with Gasteiger partial charge >= 0.3 is 13.7 Å². The molecule has 2 aliphatic rings. The first-order chi connectivity index (χ1) is 22.0. The maximum absolute atomic E-state index is 14.3. The minimum absolute atomic E-state index is 0.0967. The lowest BCUT2D eigenvalue weighted by Crippen LogP contribution is -2.44. The van der Waals surface area contributed by atoms with Gasteiger partial charge in [-0.3, -0.25) is 14.3 Å². The van der Waals surface area contributed by atoms with Gasteiger partial charge in [0.05, 0.1) is 12.3 Å². The van der Waals surface area contributed by atoms with Crippen molar-refractivity contribution >= 4 is 31.3 Å². The summed E-state index contributed by atoms with van der Waals surface area (Å²) in [6.07, 6.45) is -0.417. The maximum Gasteiger partial charge on any atom is 0.459 e. The Balaban J connectivity index is 1.38. The summed E-state index contributed by atoms with van der Waals surface area (Å²) in [5.74, 6) is -0.170. The molecule has 14 nitrogen and oxygen atoms in total. The topological polar surface area (TPSA) is 192 Å². The second-order valence-corrected chi connectivity index (χ2v) is 15.8. The van der Waals surface area contributed by atoms with Gasteiger partial charge in [-0.25, -0.2) is 14.1 Å². The number of nitrogens with two attached hydrogens (primary N) is 1. The molecule has 1 aromatic carbocycles. The first kappa shape index (κ1) is 34.9. The minimum Gasteiger partial charge on any atom is -0.461 e. The molecule has 0 radical (unpaired) electrons. The van der Waals surface area contributed by atoms with Crippen LogP contribution in [-0.2, 0) is 34.4 Å². The Morgan fingerprint density at radius 1 is 1.23 bits per heavy atom. The summed E-state index contributed by atoms with van der Waals surface area (Å²) in [6, 6.07) is 9.26. The van der Waals surface area contributed by atoms with Crippen LogP contribution in [0.4, 0.5) is 5.82 Å². The number of aliphatic imine (C=N–C) groups is 1. The number of ether oxygens (including phenoxy) is 2. The Hall–Kier alpha value is -3.39. The van der Waals surface area contributed by atoms with Gasteiger partial charge in [-0.15, -0.1) is 0 Å². The summed E-state index contributed by atoms with van der Waals surface area (Å²) in [4.78, 5) is 21.1. The number of aromatic nitrogens is 3. The Kier molecular flexibility index (Phi) is 9.59. The Labute approximate surface area is 274 Å². The number of carbonyl (C=O) groups excluding carboxylic acids is 1. The van der Waals surface area contributed by atoms with Gasteiger partial charge in [0.25, 0.3) is 0 Å². The average Bonchev–Trinajstić information content (AvgIpc) is 3.52. The van der Waals surface area contributed by atoms with Crippen LogP contribution in [-0.4, -0.2) is 81.1 Å². The van der Waals surface area contributed by atoms with Gasteiger partial charge in [-0.1, -0.05) is 46.8 Å². The zero-order valence-electron chi connectivity index (χ0n) is 27.8. The van der Waals surface area contributed by atoms with Gasteiger partial charge in [-0.2, -0.15) is 10.2 Å². The Morgan fingerprint density at radius 2 is 1.91 bits per heavy atom. The van der Waals surface area contributed by atoms with Gasteiger partial charge < -0.3 is 29.9 Å². The Morgan fingerprint density at radius 3 is 2.53 bits per heavy atom. The maximum atomic E-state index is 14.3. The van der Waals surface area contributed by atoms with Gasteiger partial charge in [-0.05, 0) is 60.4 Å². The summed E-state index contributed by atoms with van der Waals surface area (Å²) in [5, 5.41) is 29.5. The van der Waals surface area contributed by atoms with Gasteiger partial charge in [0.2, 0.25) is 0 Å². The van der Waals surface area contributed by atoms with Crippen LogP contribution in [0.5, 0.6) is 5.75 Å². The summed E-state index contributed by atoms with van der Waals surface area (Å²) in [7, 11) is -2.83. The molecule has 47 heavy (non-hydrogen) atoms. The molecule has 1 saturated heterocycles. The third-order valence-electron chi connectivity index (χ3n) is 8.60. The number of carbonyl (C=O) groups is 1. The molecule has 1 aliphatic heterocycles. The average molecular weight is 673 g/mol. The van der Waals surface area contributed by atoms with Gasteiger partial charge in [0.1, 0.15) is 48.1 Å². The molecule has 15 heteroatoms. The number of hydrogen-bond donors (Lipinski definition) is 4. The van der Waals surface area contributed by atoms with Crippen LogP contribution in [0.15, 0.2) is 47.7 Å². The fraction of sp³-hybridized carbons (Fsp3) is 0.562. The van der Waals surface area contributed by atoms with E-state index in [1.807, 2.05) is 12.1 Å². The molecule has 0 bridgehead atoms. The third kappa shape index (κ3) is 7.23. The number of fused-ring (bicyclic) bond motifs is 1. The highest BCUT2D eigenvalue weighted by Crippen LogP contribution is 2.48. The molecule has 3 heterocycles. The van der Waals surface area contributed by atoms with Crippen molar-refractivity contribution in [3.8, 4) is 5.75 Å². The van der Waals surface area contributed by atoms with E-state index in [0.717, 1.165) is 18.4 Å². The van der Waals surface area contributed by atoms with Crippen LogP contribution < -0.4 is 15.3 Å². The fourth-order valence-electron chi connectivity index (χ4n) is 6.03. The number of aliphatic hydroxyl groups excluding tert-OH is 2. The predicted octanol–water partition coefficient (Wildman–Crippen LogP) is 3.54. The third-order valence-corrected chi connectivity index (χ3v) is 10.2. The largest absolute Gasteiger partial charge is 0.461 e. The quantitative estimate of drug-likeness (QED) is 0.132. The SMILES string of the molecule is C/N=C/[C@@]1(c2ccc3c(N)ncnn23)O[C@H](COP(=O)(N[C@@H](C)C(=O)OC2CC(C)(C)C2)Oc2ccc(C(C)(C)C)cc2)[C@@H](O)[C@H]1O. The summed E-state index contributed by atoms with van der Waals surface area (Å²) >= 11 is 0. The van der Waals surface area contributed by atoms with Crippen LogP contribution in [0.2, 0.25) is 0 Å². The lowest BCUT2D eigenvalue weighted by atomic mass is 9.70. The zero-order valence-corrected chi connectivity index (χ0v) is 28.7. The van der Waals surface area contributed by atoms with Crippen LogP contribution in [0.1, 0.15) is 65.6 Å². The second-order valence-electron chi connectivity index (χ2n) is 14.1. The van der Waals surface area contributed by atoms with E-state index in [4.69, 9.17) is 24.3 Å². The van der Waals surface area contributed by atoms with E-state index in [0.29, 0.717) is 11.2 Å². The van der Waals surface area contributed by atoms with Crippen LogP contribution in [0.25, 0.3) is 5.52 Å². The number of rotatable bonds is 11. The lowest BCUT2D eigenvalue weighted by Gasteiger charge is -2.42. The molecule has 256 valence electrons. The summed E-state index contributed by atoms with van der Waals surface area (Å²) in [6.45, 7) is 11.4. The molecule has 6 atom stereocenters. The molecule has 0 spiro atoms. The van der Waals surface area contributed by atoms with Crippen molar-refractivity contribution in [3.63, 3.8) is 0 Å². The molecule has 1 saturated carbocycles. The predicted molar refractivity (Wildman–Crippen MR) is 175 cm³/mol. The number of benzene rings is 1. The van der Waals surface area contributed by atoms with Crippen LogP contribution >= 0.6 is 7.75 Å². The zero-order chi connectivity index (χ0) is 34.4. The molecular weight excluding hydrogens is 627 g/mol. The molecule has 5 N–H and O–H groups in total. The molecule has 5 rings (SSSR count). The summed E-state index contributed by atoms with van der Waals surface area (Å²) in [5.41, 5.74) is 6.12. The van der Waals surface area contributed by atoms with E-state index in [9.17, 15) is 19.6 Å². The number of hydrogen-bond acceptors (Lipinski definition) is 12. The smallest absolute Gasteiger partial charge is 0.459 e. The number of anilines is 1. The summed E-state index contributed by atoms with van der Waals surface area (Å²) < 4.78 is 39.4. The molecule has 3 aromatic rings. The van der Waals surface area contributed by atoms with Crippen molar-refractivity contribution in [2.24, 2.45) is 10.4 Å². The highest BCUT2D eigenvalue weighted by molar-refractivity contribution is 7.52. The van der Waals surface area contributed by atoms with Crippen molar-refractivity contribution in [3.05, 3.63) is 54.0 Å². The van der Waals surface area contributed by atoms with E-state index >= 15 is 0 Å². The van der Waals surface area contributed by atoms with E-state index in [-0.39, 0.29) is 28.5 Å². The normalized spacial score (nSPS) is 26.6. The lowest BCUT2D eigenvalue weighted by molar-refractivity contribution is -0.161. The second kappa shape index (κ2) is 12.9. The van der Waals surface area contributed by atoms with Crippen molar-refractivity contribution in [1.29, 1.82) is 0 Å². The number of nitrogen functional groups attached to an aromatic ring is 1. The van der Waals surface area contributed by atoms with Gasteiger partial charge in [0.15, 0.2) is 11.4 Å². The number of nitrogens with one attached hydrogen (secondary N) is 1. The van der Waals surface area contributed by atoms with Crippen molar-refractivity contribution in [2.75, 3.05) is 19.4 Å². The van der Waals surface area contributed by atoms with Crippen molar-refractivity contribution in [1.82, 2.24) is 19.7 Å².